The molecule has 0 bridgehead atoms. The van der Waals surface area contributed by atoms with Crippen LogP contribution in [0.4, 0.5) is 13.2 Å². The largest absolute Gasteiger partial charge is 0.435 e. The Morgan fingerprint density at radius 3 is 2.73 bits per heavy atom. The first kappa shape index (κ1) is 16.3. The smallest absolute Gasteiger partial charge is 0.341 e. The standard InChI is InChI=1S/C14H17F3N4O/c1-13(2,8-18)12(22)21-5-3-4-9(7-21)10-6-11(20-19-10)14(15,16)17/h6,9H,3-5,7H2,1-2H3,(H,19,20). The third-order valence-corrected chi connectivity index (χ3v) is 3.85. The lowest BCUT2D eigenvalue weighted by Crippen LogP contribution is -2.45. The zero-order valence-electron chi connectivity index (χ0n) is 12.4. The highest BCUT2D eigenvalue weighted by molar-refractivity contribution is 5.84. The van der Waals surface area contributed by atoms with Gasteiger partial charge in [0.1, 0.15) is 5.41 Å². The fourth-order valence-electron chi connectivity index (χ4n) is 2.55. The second-order valence-electron chi connectivity index (χ2n) is 6.03. The summed E-state index contributed by atoms with van der Waals surface area (Å²) < 4.78 is 37.8. The van der Waals surface area contributed by atoms with Crippen molar-refractivity contribution in [2.45, 2.75) is 38.8 Å². The third-order valence-electron chi connectivity index (χ3n) is 3.85. The highest BCUT2D eigenvalue weighted by Crippen LogP contribution is 2.33. The molecule has 1 aliphatic rings. The molecule has 1 atom stereocenters. The maximum Gasteiger partial charge on any atom is 0.435 e. The number of nitrogens with one attached hydrogen (secondary N) is 1. The molecule has 0 radical (unpaired) electrons. The second-order valence-corrected chi connectivity index (χ2v) is 6.03. The summed E-state index contributed by atoms with van der Waals surface area (Å²) in [6, 6.07) is 2.95. The van der Waals surface area contributed by atoms with Crippen LogP contribution < -0.4 is 0 Å². The summed E-state index contributed by atoms with van der Waals surface area (Å²) in [4.78, 5) is 13.8. The molecular weight excluding hydrogens is 297 g/mol. The molecule has 1 fully saturated rings. The molecule has 1 saturated heterocycles. The molecule has 22 heavy (non-hydrogen) atoms. The Hall–Kier alpha value is -2.04. The summed E-state index contributed by atoms with van der Waals surface area (Å²) in [5.74, 6) is -0.522. The summed E-state index contributed by atoms with van der Waals surface area (Å²) in [6.07, 6.45) is -3.13. The van der Waals surface area contributed by atoms with Gasteiger partial charge in [-0.05, 0) is 32.8 Å². The first-order valence-electron chi connectivity index (χ1n) is 6.98. The van der Waals surface area contributed by atoms with Crippen LogP contribution in [0.25, 0.3) is 0 Å². The minimum atomic E-state index is -4.48. The number of aromatic amines is 1. The van der Waals surface area contributed by atoms with E-state index in [1.165, 1.54) is 13.8 Å². The van der Waals surface area contributed by atoms with E-state index in [1.807, 2.05) is 6.07 Å². The van der Waals surface area contributed by atoms with Gasteiger partial charge in [0.25, 0.3) is 0 Å². The van der Waals surface area contributed by atoms with Crippen LogP contribution in [0.1, 0.15) is 44.0 Å². The number of rotatable bonds is 2. The van der Waals surface area contributed by atoms with Crippen LogP contribution in [-0.4, -0.2) is 34.1 Å². The minimum Gasteiger partial charge on any atom is -0.341 e. The van der Waals surface area contributed by atoms with E-state index >= 15 is 0 Å². The van der Waals surface area contributed by atoms with E-state index in [-0.39, 0.29) is 11.8 Å². The van der Waals surface area contributed by atoms with Crippen LogP contribution in [0.5, 0.6) is 0 Å². The number of hydrogen-bond donors (Lipinski definition) is 1. The van der Waals surface area contributed by atoms with Crippen molar-refractivity contribution in [3.8, 4) is 6.07 Å². The summed E-state index contributed by atoms with van der Waals surface area (Å²) in [5, 5.41) is 14.7. The maximum absolute atomic E-state index is 12.6. The molecule has 1 aromatic heterocycles. The number of piperidine rings is 1. The molecule has 1 aromatic rings. The number of nitriles is 1. The van der Waals surface area contributed by atoms with Crippen LogP contribution in [0.2, 0.25) is 0 Å². The van der Waals surface area contributed by atoms with E-state index in [1.54, 1.807) is 4.90 Å². The highest BCUT2D eigenvalue weighted by atomic mass is 19.4. The molecular formula is C14H17F3N4O. The summed E-state index contributed by atoms with van der Waals surface area (Å²) >= 11 is 0. The van der Waals surface area contributed by atoms with Crippen molar-refractivity contribution < 1.29 is 18.0 Å². The van der Waals surface area contributed by atoms with Gasteiger partial charge in [0.2, 0.25) is 5.91 Å². The topological polar surface area (TPSA) is 72.8 Å². The van der Waals surface area contributed by atoms with Gasteiger partial charge in [0.05, 0.1) is 6.07 Å². The lowest BCUT2D eigenvalue weighted by molar-refractivity contribution is -0.141. The normalized spacial score (nSPS) is 19.8. The Morgan fingerprint density at radius 2 is 2.18 bits per heavy atom. The van der Waals surface area contributed by atoms with Crippen LogP contribution >= 0.6 is 0 Å². The zero-order chi connectivity index (χ0) is 16.5. The average molecular weight is 314 g/mol. The van der Waals surface area contributed by atoms with Gasteiger partial charge < -0.3 is 4.90 Å². The predicted octanol–water partition coefficient (Wildman–Crippen LogP) is 2.68. The zero-order valence-corrected chi connectivity index (χ0v) is 12.4. The van der Waals surface area contributed by atoms with E-state index in [9.17, 15) is 18.0 Å². The SMILES string of the molecule is CC(C)(C#N)C(=O)N1CCCC(c2cc(C(F)(F)F)n[nH]2)C1. The number of hydrogen-bond acceptors (Lipinski definition) is 3. The molecule has 1 unspecified atom stereocenters. The third kappa shape index (κ3) is 3.24. The molecule has 0 saturated carbocycles. The summed E-state index contributed by atoms with van der Waals surface area (Å²) in [6.45, 7) is 3.89. The van der Waals surface area contributed by atoms with Crippen LogP contribution in [0, 0.1) is 16.7 Å². The summed E-state index contributed by atoms with van der Waals surface area (Å²) in [5.41, 5.74) is -1.71. The molecule has 2 heterocycles. The number of nitrogens with zero attached hydrogens (tertiary/aromatic N) is 3. The van der Waals surface area contributed by atoms with Gasteiger partial charge in [0.15, 0.2) is 5.69 Å². The van der Waals surface area contributed by atoms with Crippen molar-refractivity contribution in [1.82, 2.24) is 15.1 Å². The Kier molecular flexibility index (Phi) is 4.18. The first-order chi connectivity index (χ1) is 10.1. The number of alkyl halides is 3. The maximum atomic E-state index is 12.6. The lowest BCUT2D eigenvalue weighted by Gasteiger charge is -2.35. The monoisotopic (exact) mass is 314 g/mol. The molecule has 8 heteroatoms. The minimum absolute atomic E-state index is 0.226. The molecule has 1 aliphatic heterocycles. The number of carbonyl (C=O) groups excluding carboxylic acids is 1. The Balaban J connectivity index is 2.13. The van der Waals surface area contributed by atoms with Crippen molar-refractivity contribution in [2.24, 2.45) is 5.41 Å². The second kappa shape index (κ2) is 5.63. The number of amides is 1. The fourth-order valence-corrected chi connectivity index (χ4v) is 2.55. The van der Waals surface area contributed by atoms with Crippen LogP contribution in [0.3, 0.4) is 0 Å². The molecule has 2 rings (SSSR count). The molecule has 120 valence electrons. The van der Waals surface area contributed by atoms with E-state index in [2.05, 4.69) is 10.2 Å². The first-order valence-corrected chi connectivity index (χ1v) is 6.98. The van der Waals surface area contributed by atoms with E-state index < -0.39 is 17.3 Å². The van der Waals surface area contributed by atoms with Gasteiger partial charge in [0, 0.05) is 24.7 Å². The molecule has 1 amide bonds. The number of likely N-dealkylation sites (tertiary alicyclic amines) is 1. The number of halogens is 3. The quantitative estimate of drug-likeness (QED) is 0.912. The highest BCUT2D eigenvalue weighted by Gasteiger charge is 2.37. The van der Waals surface area contributed by atoms with Crippen molar-refractivity contribution in [3.63, 3.8) is 0 Å². The summed E-state index contributed by atoms with van der Waals surface area (Å²) in [7, 11) is 0. The van der Waals surface area contributed by atoms with Gasteiger partial charge >= 0.3 is 6.18 Å². The van der Waals surface area contributed by atoms with Crippen molar-refractivity contribution in [2.75, 3.05) is 13.1 Å². The van der Waals surface area contributed by atoms with Crippen LogP contribution in [0.15, 0.2) is 6.07 Å². The van der Waals surface area contributed by atoms with Crippen molar-refractivity contribution in [1.29, 1.82) is 5.26 Å². The number of aromatic nitrogens is 2. The molecule has 0 aromatic carbocycles. The predicted molar refractivity (Wildman–Crippen MR) is 71.5 cm³/mol. The van der Waals surface area contributed by atoms with E-state index in [0.29, 0.717) is 31.6 Å². The Labute approximate surface area is 126 Å². The van der Waals surface area contributed by atoms with Gasteiger partial charge in [-0.2, -0.15) is 23.5 Å². The van der Waals surface area contributed by atoms with Gasteiger partial charge in [-0.25, -0.2) is 0 Å². The molecule has 1 N–H and O–H groups in total. The van der Waals surface area contributed by atoms with Gasteiger partial charge in [-0.1, -0.05) is 0 Å². The molecule has 0 aliphatic carbocycles. The fraction of sp³-hybridized carbons (Fsp3) is 0.643. The van der Waals surface area contributed by atoms with Gasteiger partial charge in [-0.3, -0.25) is 9.89 Å². The van der Waals surface area contributed by atoms with Crippen LogP contribution in [-0.2, 0) is 11.0 Å². The average Bonchev–Trinajstić information content (AvgIpc) is 2.96. The molecule has 5 nitrogen and oxygen atoms in total. The van der Waals surface area contributed by atoms with E-state index in [0.717, 1.165) is 6.07 Å². The lowest BCUT2D eigenvalue weighted by atomic mass is 9.89. The van der Waals surface area contributed by atoms with Gasteiger partial charge in [-0.15, -0.1) is 0 Å². The Bertz CT molecular complexity index is 600. The number of H-pyrrole nitrogens is 1. The Morgan fingerprint density at radius 1 is 1.50 bits per heavy atom. The molecule has 0 spiro atoms. The number of carbonyl (C=O) groups is 1. The van der Waals surface area contributed by atoms with E-state index in [4.69, 9.17) is 5.26 Å². The van der Waals surface area contributed by atoms with Crippen molar-refractivity contribution >= 4 is 5.91 Å². The van der Waals surface area contributed by atoms with Crippen molar-refractivity contribution in [3.05, 3.63) is 17.5 Å².